The lowest BCUT2D eigenvalue weighted by molar-refractivity contribution is -0.115. The third-order valence-electron chi connectivity index (χ3n) is 4.06. The van der Waals surface area contributed by atoms with Crippen LogP contribution in [0.15, 0.2) is 40.6 Å². The highest BCUT2D eigenvalue weighted by Crippen LogP contribution is 2.29. The molecule has 1 aromatic heterocycles. The molecule has 0 atom stereocenters. The van der Waals surface area contributed by atoms with Gasteiger partial charge in [0.05, 0.1) is 11.4 Å². The lowest BCUT2D eigenvalue weighted by Crippen LogP contribution is -2.35. The van der Waals surface area contributed by atoms with Crippen LogP contribution in [0.3, 0.4) is 0 Å². The third-order valence-corrected chi connectivity index (χ3v) is 7.32. The van der Waals surface area contributed by atoms with Crippen molar-refractivity contribution in [2.75, 3.05) is 18.4 Å². The van der Waals surface area contributed by atoms with Crippen molar-refractivity contribution < 1.29 is 13.2 Å². The number of benzene rings is 1. The van der Waals surface area contributed by atoms with E-state index < -0.39 is 10.0 Å². The van der Waals surface area contributed by atoms with Crippen LogP contribution in [0.2, 0.25) is 5.02 Å². The van der Waals surface area contributed by atoms with Gasteiger partial charge in [-0.25, -0.2) is 8.42 Å². The Hall–Kier alpha value is -1.41. The zero-order chi connectivity index (χ0) is 17.9. The van der Waals surface area contributed by atoms with Gasteiger partial charge >= 0.3 is 0 Å². The van der Waals surface area contributed by atoms with Crippen molar-refractivity contribution in [1.82, 2.24) is 4.31 Å². The summed E-state index contributed by atoms with van der Waals surface area (Å²) < 4.78 is 27.1. The van der Waals surface area contributed by atoms with Crippen molar-refractivity contribution in [1.29, 1.82) is 0 Å². The fourth-order valence-electron chi connectivity index (χ4n) is 2.80. The van der Waals surface area contributed by atoms with E-state index in [1.54, 1.807) is 6.07 Å². The molecular formula is C17H19ClN2O3S2. The van der Waals surface area contributed by atoms with Crippen molar-refractivity contribution in [3.63, 3.8) is 0 Å². The van der Waals surface area contributed by atoms with Crippen LogP contribution in [0.5, 0.6) is 0 Å². The predicted molar refractivity (Wildman–Crippen MR) is 101 cm³/mol. The van der Waals surface area contributed by atoms with Gasteiger partial charge < -0.3 is 5.32 Å². The lowest BCUT2D eigenvalue weighted by Gasteiger charge is -2.26. The van der Waals surface area contributed by atoms with Gasteiger partial charge in [-0.1, -0.05) is 24.1 Å². The largest absolute Gasteiger partial charge is 0.326 e. The number of carbonyl (C=O) groups excluding carboxylic acids is 1. The fraction of sp³-hybridized carbons (Fsp3) is 0.353. The molecule has 0 saturated carbocycles. The topological polar surface area (TPSA) is 66.5 Å². The van der Waals surface area contributed by atoms with E-state index in [2.05, 4.69) is 5.32 Å². The monoisotopic (exact) mass is 398 g/mol. The van der Waals surface area contributed by atoms with E-state index in [1.807, 2.05) is 17.5 Å². The zero-order valence-corrected chi connectivity index (χ0v) is 16.0. The molecule has 0 aliphatic carbocycles. The van der Waals surface area contributed by atoms with E-state index in [0.717, 1.165) is 24.1 Å². The SMILES string of the molecule is O=C(Cc1cccs1)Nc1ccc(Cl)c(S(=O)(=O)N2CCCCC2)c1. The van der Waals surface area contributed by atoms with Gasteiger partial charge in [0.2, 0.25) is 15.9 Å². The highest BCUT2D eigenvalue weighted by atomic mass is 35.5. The molecule has 1 aliphatic rings. The number of carbonyl (C=O) groups is 1. The molecule has 0 bridgehead atoms. The number of halogens is 1. The van der Waals surface area contributed by atoms with Crippen LogP contribution in [-0.4, -0.2) is 31.7 Å². The molecule has 134 valence electrons. The summed E-state index contributed by atoms with van der Waals surface area (Å²) in [4.78, 5) is 13.1. The standard InChI is InChI=1S/C17H19ClN2O3S2/c18-15-7-6-13(19-17(21)12-14-5-4-10-24-14)11-16(15)25(22,23)20-8-2-1-3-9-20/h4-7,10-11H,1-3,8-9,12H2,(H,19,21). The average Bonchev–Trinajstić information content (AvgIpc) is 3.10. The molecule has 1 amide bonds. The first-order chi connectivity index (χ1) is 12.0. The number of anilines is 1. The molecule has 1 fully saturated rings. The zero-order valence-electron chi connectivity index (χ0n) is 13.6. The van der Waals surface area contributed by atoms with Crippen molar-refractivity contribution in [2.45, 2.75) is 30.6 Å². The predicted octanol–water partition coefficient (Wildman–Crippen LogP) is 3.76. The summed E-state index contributed by atoms with van der Waals surface area (Å²) in [5, 5.41) is 4.83. The van der Waals surface area contributed by atoms with Crippen LogP contribution < -0.4 is 5.32 Å². The van der Waals surface area contributed by atoms with Gasteiger partial charge in [0, 0.05) is 23.7 Å². The van der Waals surface area contributed by atoms with Gasteiger partial charge in [-0.15, -0.1) is 11.3 Å². The van der Waals surface area contributed by atoms with E-state index in [1.165, 1.54) is 27.8 Å². The van der Waals surface area contributed by atoms with Gasteiger partial charge in [0.15, 0.2) is 0 Å². The fourth-order valence-corrected chi connectivity index (χ4v) is 5.52. The number of piperidine rings is 1. The minimum Gasteiger partial charge on any atom is -0.326 e. The van der Waals surface area contributed by atoms with E-state index >= 15 is 0 Å². The molecule has 1 aromatic carbocycles. The van der Waals surface area contributed by atoms with E-state index in [0.29, 0.717) is 18.8 Å². The molecular weight excluding hydrogens is 380 g/mol. The van der Waals surface area contributed by atoms with Crippen molar-refractivity contribution >= 4 is 44.6 Å². The van der Waals surface area contributed by atoms with Crippen molar-refractivity contribution in [2.24, 2.45) is 0 Å². The molecule has 5 nitrogen and oxygen atoms in total. The summed E-state index contributed by atoms with van der Waals surface area (Å²) in [6.07, 6.45) is 3.01. The Labute approximate surface area is 156 Å². The average molecular weight is 399 g/mol. The first-order valence-electron chi connectivity index (χ1n) is 8.09. The van der Waals surface area contributed by atoms with E-state index in [4.69, 9.17) is 11.6 Å². The second kappa shape index (κ2) is 7.86. The Morgan fingerprint density at radius 1 is 1.20 bits per heavy atom. The summed E-state index contributed by atoms with van der Waals surface area (Å²) in [7, 11) is -3.65. The molecule has 2 heterocycles. The smallest absolute Gasteiger partial charge is 0.244 e. The Balaban J connectivity index is 1.79. The molecule has 8 heteroatoms. The molecule has 0 spiro atoms. The Morgan fingerprint density at radius 3 is 2.64 bits per heavy atom. The molecule has 2 aromatic rings. The second-order valence-corrected chi connectivity index (χ2v) is 9.26. The Bertz CT molecular complexity index is 845. The van der Waals surface area contributed by atoms with Crippen LogP contribution >= 0.6 is 22.9 Å². The van der Waals surface area contributed by atoms with E-state index in [9.17, 15) is 13.2 Å². The minimum atomic E-state index is -3.65. The third kappa shape index (κ3) is 4.41. The van der Waals surface area contributed by atoms with E-state index in [-0.39, 0.29) is 22.2 Å². The second-order valence-electron chi connectivity index (χ2n) is 5.91. The highest BCUT2D eigenvalue weighted by molar-refractivity contribution is 7.89. The van der Waals surface area contributed by atoms with Gasteiger partial charge in [0.1, 0.15) is 4.90 Å². The van der Waals surface area contributed by atoms with Crippen LogP contribution in [0.4, 0.5) is 5.69 Å². The number of thiophene rings is 1. The van der Waals surface area contributed by atoms with Crippen molar-refractivity contribution in [3.8, 4) is 0 Å². The van der Waals surface area contributed by atoms with Crippen LogP contribution in [0, 0.1) is 0 Å². The number of rotatable bonds is 5. The number of nitrogens with zero attached hydrogens (tertiary/aromatic N) is 1. The Kier molecular flexibility index (Phi) is 5.78. The van der Waals surface area contributed by atoms with Crippen molar-refractivity contribution in [3.05, 3.63) is 45.6 Å². The lowest BCUT2D eigenvalue weighted by atomic mass is 10.2. The molecule has 1 N–H and O–H groups in total. The van der Waals surface area contributed by atoms with Crippen LogP contribution in [0.25, 0.3) is 0 Å². The summed E-state index contributed by atoms with van der Waals surface area (Å²) in [5.41, 5.74) is 0.432. The highest BCUT2D eigenvalue weighted by Gasteiger charge is 2.28. The summed E-state index contributed by atoms with van der Waals surface area (Å²) in [6, 6.07) is 8.35. The molecule has 25 heavy (non-hydrogen) atoms. The maximum Gasteiger partial charge on any atom is 0.244 e. The molecule has 0 radical (unpaired) electrons. The summed E-state index contributed by atoms with van der Waals surface area (Å²) >= 11 is 7.64. The maximum atomic E-state index is 12.8. The van der Waals surface area contributed by atoms with Gasteiger partial charge in [0.25, 0.3) is 0 Å². The molecule has 1 saturated heterocycles. The summed E-state index contributed by atoms with van der Waals surface area (Å²) in [6.45, 7) is 1.02. The number of nitrogens with one attached hydrogen (secondary N) is 1. The minimum absolute atomic E-state index is 0.0463. The number of sulfonamides is 1. The summed E-state index contributed by atoms with van der Waals surface area (Å²) in [5.74, 6) is -0.189. The number of amides is 1. The number of hydrogen-bond donors (Lipinski definition) is 1. The maximum absolute atomic E-state index is 12.8. The molecule has 1 aliphatic heterocycles. The van der Waals surface area contributed by atoms with Crippen LogP contribution in [0.1, 0.15) is 24.1 Å². The quantitative estimate of drug-likeness (QED) is 0.833. The molecule has 3 rings (SSSR count). The first kappa shape index (κ1) is 18.4. The number of hydrogen-bond acceptors (Lipinski definition) is 4. The van der Waals surface area contributed by atoms with Gasteiger partial charge in [-0.05, 0) is 42.5 Å². The van der Waals surface area contributed by atoms with Gasteiger partial charge in [-0.3, -0.25) is 4.79 Å². The normalized spacial score (nSPS) is 15.9. The van der Waals surface area contributed by atoms with Crippen LogP contribution in [-0.2, 0) is 21.2 Å². The first-order valence-corrected chi connectivity index (χ1v) is 10.8. The van der Waals surface area contributed by atoms with Gasteiger partial charge in [-0.2, -0.15) is 4.31 Å². The molecule has 0 unspecified atom stereocenters. The Morgan fingerprint density at radius 2 is 1.96 bits per heavy atom.